The molecular formula is C17H24Cl2N2O4. The molecule has 0 saturated carbocycles. The summed E-state index contributed by atoms with van der Waals surface area (Å²) in [6.07, 6.45) is 0.0582. The minimum atomic E-state index is -1.36. The van der Waals surface area contributed by atoms with Gasteiger partial charge in [0.05, 0.1) is 16.7 Å². The number of nitrogens with one attached hydrogen (secondary N) is 1. The Kier molecular flexibility index (Phi) is 7.34. The molecule has 1 fully saturated rings. The van der Waals surface area contributed by atoms with Crippen LogP contribution in [0.15, 0.2) is 12.1 Å². The minimum absolute atomic E-state index is 0.0922. The zero-order valence-electron chi connectivity index (χ0n) is 14.1. The van der Waals surface area contributed by atoms with Gasteiger partial charge in [-0.1, -0.05) is 30.1 Å². The van der Waals surface area contributed by atoms with E-state index < -0.39 is 18.6 Å². The Bertz CT molecular complexity index is 607. The van der Waals surface area contributed by atoms with Crippen LogP contribution >= 0.6 is 23.2 Å². The maximum absolute atomic E-state index is 12.0. The summed E-state index contributed by atoms with van der Waals surface area (Å²) < 4.78 is 0. The number of amides is 1. The molecule has 0 radical (unpaired) electrons. The molecule has 2 atom stereocenters. The molecule has 0 spiro atoms. The van der Waals surface area contributed by atoms with E-state index in [1.807, 2.05) is 6.92 Å². The van der Waals surface area contributed by atoms with Crippen molar-refractivity contribution in [2.24, 2.45) is 5.92 Å². The van der Waals surface area contributed by atoms with Gasteiger partial charge in [0, 0.05) is 30.8 Å². The predicted molar refractivity (Wildman–Crippen MR) is 96.9 cm³/mol. The second-order valence-electron chi connectivity index (χ2n) is 6.22. The standard InChI is InChI=1S/C17H24Cl2N2O4/c1-2-20-16(11-7-12(18)13(19)8-14(11)23)10-3-5-21(6-4-10)17(25)15(24)9-22/h7-8,10,15-16,20,22-24H,2-6,9H2,1H3/t15-,16?/m1/s1. The number of piperidine rings is 1. The first kappa shape index (κ1) is 20.3. The Balaban J connectivity index is 2.13. The monoisotopic (exact) mass is 390 g/mol. The zero-order chi connectivity index (χ0) is 18.6. The van der Waals surface area contributed by atoms with Gasteiger partial charge in [0.25, 0.3) is 5.91 Å². The van der Waals surface area contributed by atoms with Crippen molar-refractivity contribution in [3.8, 4) is 5.75 Å². The van der Waals surface area contributed by atoms with Crippen LogP contribution in [0.3, 0.4) is 0 Å². The number of carbonyl (C=O) groups is 1. The molecule has 140 valence electrons. The van der Waals surface area contributed by atoms with Crippen molar-refractivity contribution in [1.82, 2.24) is 10.2 Å². The van der Waals surface area contributed by atoms with Crippen LogP contribution in [-0.4, -0.2) is 58.5 Å². The highest BCUT2D eigenvalue weighted by Crippen LogP contribution is 2.39. The number of hydrogen-bond acceptors (Lipinski definition) is 5. The lowest BCUT2D eigenvalue weighted by Gasteiger charge is -2.37. The molecule has 0 aromatic heterocycles. The summed E-state index contributed by atoms with van der Waals surface area (Å²) in [5.74, 6) is -0.161. The summed E-state index contributed by atoms with van der Waals surface area (Å²) in [6.45, 7) is 3.11. The van der Waals surface area contributed by atoms with Gasteiger partial charge < -0.3 is 25.5 Å². The number of aromatic hydroxyl groups is 1. The fourth-order valence-corrected chi connectivity index (χ4v) is 3.62. The molecule has 1 aromatic rings. The first-order valence-electron chi connectivity index (χ1n) is 8.38. The number of likely N-dealkylation sites (tertiary alicyclic amines) is 1. The van der Waals surface area contributed by atoms with Gasteiger partial charge in [-0.25, -0.2) is 0 Å². The van der Waals surface area contributed by atoms with Crippen LogP contribution in [-0.2, 0) is 4.79 Å². The number of phenolic OH excluding ortho intramolecular Hbond substituents is 1. The Labute approximate surface area is 157 Å². The maximum Gasteiger partial charge on any atom is 0.253 e. The topological polar surface area (TPSA) is 93.0 Å². The van der Waals surface area contributed by atoms with Crippen LogP contribution in [0.5, 0.6) is 5.75 Å². The highest BCUT2D eigenvalue weighted by Gasteiger charge is 2.32. The van der Waals surface area contributed by atoms with Crippen molar-refractivity contribution >= 4 is 29.1 Å². The van der Waals surface area contributed by atoms with Crippen molar-refractivity contribution in [3.05, 3.63) is 27.7 Å². The van der Waals surface area contributed by atoms with Gasteiger partial charge >= 0.3 is 0 Å². The average Bonchev–Trinajstić information content (AvgIpc) is 2.62. The van der Waals surface area contributed by atoms with Crippen LogP contribution in [0.25, 0.3) is 0 Å². The summed E-state index contributed by atoms with van der Waals surface area (Å²) in [4.78, 5) is 13.5. The Morgan fingerprint density at radius 1 is 1.32 bits per heavy atom. The number of aliphatic hydroxyl groups is 2. The Hall–Kier alpha value is -1.05. The van der Waals surface area contributed by atoms with Gasteiger partial charge in [0.1, 0.15) is 5.75 Å². The molecule has 6 nitrogen and oxygen atoms in total. The molecule has 4 N–H and O–H groups in total. The van der Waals surface area contributed by atoms with Crippen LogP contribution in [0.1, 0.15) is 31.4 Å². The van der Waals surface area contributed by atoms with Crippen LogP contribution < -0.4 is 5.32 Å². The third kappa shape index (κ3) is 4.77. The largest absolute Gasteiger partial charge is 0.508 e. The smallest absolute Gasteiger partial charge is 0.253 e. The first-order chi connectivity index (χ1) is 11.9. The molecule has 1 heterocycles. The first-order valence-corrected chi connectivity index (χ1v) is 9.13. The van der Waals surface area contributed by atoms with Gasteiger partial charge in [-0.2, -0.15) is 0 Å². The average molecular weight is 391 g/mol. The highest BCUT2D eigenvalue weighted by atomic mass is 35.5. The summed E-state index contributed by atoms with van der Waals surface area (Å²) >= 11 is 12.1. The minimum Gasteiger partial charge on any atom is -0.508 e. The van der Waals surface area contributed by atoms with Crippen molar-refractivity contribution in [2.75, 3.05) is 26.2 Å². The molecule has 0 aliphatic carbocycles. The van der Waals surface area contributed by atoms with Gasteiger partial charge in [-0.15, -0.1) is 0 Å². The van der Waals surface area contributed by atoms with Crippen molar-refractivity contribution < 1.29 is 20.1 Å². The summed E-state index contributed by atoms with van der Waals surface area (Å²) in [7, 11) is 0. The lowest BCUT2D eigenvalue weighted by molar-refractivity contribution is -0.143. The van der Waals surface area contributed by atoms with Gasteiger partial charge in [-0.3, -0.25) is 4.79 Å². The molecule has 1 aliphatic heterocycles. The van der Waals surface area contributed by atoms with Gasteiger partial charge in [0.2, 0.25) is 0 Å². The lowest BCUT2D eigenvalue weighted by Crippen LogP contribution is -2.46. The van der Waals surface area contributed by atoms with Crippen molar-refractivity contribution in [2.45, 2.75) is 31.9 Å². The van der Waals surface area contributed by atoms with E-state index in [0.717, 1.165) is 0 Å². The van der Waals surface area contributed by atoms with E-state index in [4.69, 9.17) is 28.3 Å². The summed E-state index contributed by atoms with van der Waals surface area (Å²) in [5.41, 5.74) is 0.691. The second-order valence-corrected chi connectivity index (χ2v) is 7.04. The Morgan fingerprint density at radius 3 is 2.48 bits per heavy atom. The third-order valence-corrected chi connectivity index (χ3v) is 5.33. The van der Waals surface area contributed by atoms with Gasteiger partial charge in [-0.05, 0) is 31.4 Å². The zero-order valence-corrected chi connectivity index (χ0v) is 15.6. The lowest BCUT2D eigenvalue weighted by atomic mass is 9.84. The van der Waals surface area contributed by atoms with E-state index in [0.29, 0.717) is 48.1 Å². The number of phenols is 1. The molecule has 1 unspecified atom stereocenters. The quantitative estimate of drug-likeness (QED) is 0.595. The predicted octanol–water partition coefficient (Wildman–Crippen LogP) is 1.94. The number of aliphatic hydroxyl groups excluding tert-OH is 2. The molecule has 1 amide bonds. The fraction of sp³-hybridized carbons (Fsp3) is 0.588. The molecular weight excluding hydrogens is 367 g/mol. The number of nitrogens with zero attached hydrogens (tertiary/aromatic N) is 1. The fourth-order valence-electron chi connectivity index (χ4n) is 3.29. The number of hydrogen-bond donors (Lipinski definition) is 4. The molecule has 8 heteroatoms. The van der Waals surface area contributed by atoms with Crippen LogP contribution in [0.4, 0.5) is 0 Å². The molecule has 1 saturated heterocycles. The number of rotatable bonds is 6. The number of benzene rings is 1. The number of carbonyl (C=O) groups excluding carboxylic acids is 1. The second kappa shape index (κ2) is 9.05. The summed E-state index contributed by atoms with van der Waals surface area (Å²) in [5, 5.41) is 32.8. The summed E-state index contributed by atoms with van der Waals surface area (Å²) in [6, 6.07) is 3.01. The third-order valence-electron chi connectivity index (χ3n) is 4.61. The molecule has 2 rings (SSSR count). The molecule has 0 bridgehead atoms. The van der Waals surface area contributed by atoms with Crippen molar-refractivity contribution in [3.63, 3.8) is 0 Å². The van der Waals surface area contributed by atoms with E-state index in [1.54, 1.807) is 11.0 Å². The van der Waals surface area contributed by atoms with E-state index in [-0.39, 0.29) is 17.7 Å². The maximum atomic E-state index is 12.0. The SMILES string of the molecule is CCNC(c1cc(Cl)c(Cl)cc1O)C1CCN(C(=O)[C@H](O)CO)CC1. The molecule has 25 heavy (non-hydrogen) atoms. The Morgan fingerprint density at radius 2 is 1.92 bits per heavy atom. The van der Waals surface area contributed by atoms with E-state index >= 15 is 0 Å². The molecule has 1 aliphatic rings. The van der Waals surface area contributed by atoms with E-state index in [1.165, 1.54) is 6.07 Å². The van der Waals surface area contributed by atoms with Gasteiger partial charge in [0.15, 0.2) is 6.10 Å². The van der Waals surface area contributed by atoms with E-state index in [2.05, 4.69) is 5.32 Å². The molecule has 1 aromatic carbocycles. The van der Waals surface area contributed by atoms with E-state index in [9.17, 15) is 15.0 Å². The van der Waals surface area contributed by atoms with Crippen LogP contribution in [0.2, 0.25) is 10.0 Å². The normalized spacial score (nSPS) is 18.2. The highest BCUT2D eigenvalue weighted by molar-refractivity contribution is 6.42. The van der Waals surface area contributed by atoms with Crippen LogP contribution in [0, 0.1) is 5.92 Å². The number of halogens is 2. The van der Waals surface area contributed by atoms with Crippen molar-refractivity contribution in [1.29, 1.82) is 0 Å².